The van der Waals surface area contributed by atoms with Crippen molar-refractivity contribution in [2.75, 3.05) is 50.7 Å². The molecule has 20 heteroatoms. The molecule has 0 aliphatic carbocycles. The molecular formula is C51H58Cl3NO16. The molecule has 0 aromatic heterocycles. The zero-order valence-corrected chi connectivity index (χ0v) is 40.7. The number of ketones is 3. The lowest BCUT2D eigenvalue weighted by Crippen LogP contribution is -2.41. The molecule has 1 aliphatic rings. The van der Waals surface area contributed by atoms with E-state index in [-0.39, 0.29) is 55.3 Å². The zero-order valence-electron chi connectivity index (χ0n) is 38.5. The molecule has 7 N–H and O–H groups in total. The second kappa shape index (κ2) is 34.3. The number of rotatable bonds is 24. The first-order valence-electron chi connectivity index (χ1n) is 22.0. The molecule has 0 amide bonds. The van der Waals surface area contributed by atoms with Gasteiger partial charge >= 0.3 is 29.8 Å². The first-order valence-corrected chi connectivity index (χ1v) is 23.6. The number of aliphatic hydroxyl groups excluding tert-OH is 2. The molecule has 4 aromatic carbocycles. The predicted octanol–water partition coefficient (Wildman–Crippen LogP) is 4.85. The van der Waals surface area contributed by atoms with Crippen LogP contribution in [0.1, 0.15) is 22.3 Å². The highest BCUT2D eigenvalue weighted by Gasteiger charge is 2.38. The Hall–Kier alpha value is -6.05. The van der Waals surface area contributed by atoms with E-state index < -0.39 is 97.0 Å². The minimum atomic E-state index is -1.22. The number of alkyl halides is 3. The highest BCUT2D eigenvalue weighted by molar-refractivity contribution is 6.28. The van der Waals surface area contributed by atoms with Crippen molar-refractivity contribution >= 4 is 82.0 Å². The summed E-state index contributed by atoms with van der Waals surface area (Å²) >= 11 is 16.4. The first kappa shape index (κ1) is 61.1. The van der Waals surface area contributed by atoms with Crippen molar-refractivity contribution in [1.29, 1.82) is 0 Å². The number of carboxylic acids is 4. The predicted molar refractivity (Wildman–Crippen MR) is 262 cm³/mol. The number of carbonyl (C=O) groups excluding carboxylic acids is 4. The zero-order chi connectivity index (χ0) is 52.7. The molecule has 1 aliphatic heterocycles. The molecule has 0 radical (unpaired) electrons. The summed E-state index contributed by atoms with van der Waals surface area (Å²) in [6, 6.07) is 36.1. The van der Waals surface area contributed by atoms with Gasteiger partial charge in [0.15, 0.2) is 17.3 Å². The second-order valence-electron chi connectivity index (χ2n) is 15.8. The van der Waals surface area contributed by atoms with Gasteiger partial charge in [-0.15, -0.1) is 34.8 Å². The van der Waals surface area contributed by atoms with Crippen LogP contribution in [0, 0.1) is 35.5 Å². The van der Waals surface area contributed by atoms with Gasteiger partial charge in [-0.1, -0.05) is 121 Å². The summed E-state index contributed by atoms with van der Waals surface area (Å²) in [4.78, 5) is 90.6. The molecule has 5 rings (SSSR count). The standard InChI is InChI=1S/C15H16Cl2O5.C13H15ClO4.C13H14O4.C10H13NO3/c16-7-13(18)11(6-10-4-2-1-3-5-10)12(15(20)21)9-22-14(19)8-17;14-7-12(16)10(11(8-15)13(17)18)6-9-4-2-1-3-5-9;14-12-8-17-7-11(13(15)16)10(12)6-9-4-2-1-3-5-9;12-7-9(10(13)14)11-6-8-4-2-1-3-5-8/h1-5,11-12H,6-9H2,(H,20,21);1-5,10-11,15H,6-8H2,(H,17,18);1-5,10-11H,6-8H2,(H,15,16);1-5,9,11-12H,6-7H2,(H,13,14)/t11?,12-;2*10?,11-;9-/m1110/s1. The topological polar surface area (TPSA) is 288 Å². The Morgan fingerprint density at radius 1 is 0.577 bits per heavy atom. The number of carboxylic acid groups (broad SMARTS) is 4. The van der Waals surface area contributed by atoms with E-state index in [1.54, 1.807) is 24.3 Å². The fraction of sp³-hybridized carbons (Fsp3) is 0.373. The van der Waals surface area contributed by atoms with E-state index in [0.717, 1.165) is 22.3 Å². The Bertz CT molecular complexity index is 2260. The molecular weight excluding hydrogens is 989 g/mol. The largest absolute Gasteiger partial charge is 0.481 e. The number of Topliss-reactive ketones (excluding diaryl/α,β-unsaturated/α-hetero) is 3. The molecule has 384 valence electrons. The van der Waals surface area contributed by atoms with Crippen molar-refractivity contribution in [2.24, 2.45) is 35.5 Å². The van der Waals surface area contributed by atoms with E-state index in [1.807, 2.05) is 97.1 Å². The van der Waals surface area contributed by atoms with Gasteiger partial charge in [0.2, 0.25) is 0 Å². The Kier molecular flexibility index (Phi) is 29.5. The Morgan fingerprint density at radius 2 is 1.01 bits per heavy atom. The van der Waals surface area contributed by atoms with Gasteiger partial charge in [-0.2, -0.15) is 0 Å². The number of ether oxygens (including phenoxy) is 2. The maximum atomic E-state index is 12.0. The highest BCUT2D eigenvalue weighted by Crippen LogP contribution is 2.25. The van der Waals surface area contributed by atoms with Crippen LogP contribution in [0.25, 0.3) is 0 Å². The van der Waals surface area contributed by atoms with Crippen molar-refractivity contribution in [3.05, 3.63) is 144 Å². The average molecular weight is 1050 g/mol. The summed E-state index contributed by atoms with van der Waals surface area (Å²) in [7, 11) is 0. The molecule has 3 unspecified atom stereocenters. The lowest BCUT2D eigenvalue weighted by atomic mass is 9.83. The summed E-state index contributed by atoms with van der Waals surface area (Å²) in [6.07, 6.45) is 0.950. The van der Waals surface area contributed by atoms with Crippen LogP contribution in [0.15, 0.2) is 121 Å². The summed E-state index contributed by atoms with van der Waals surface area (Å²) in [5.74, 6) is -12.1. The van der Waals surface area contributed by atoms with Crippen molar-refractivity contribution in [3.63, 3.8) is 0 Å². The number of esters is 1. The number of hydrogen-bond acceptors (Lipinski definition) is 13. The molecule has 0 spiro atoms. The van der Waals surface area contributed by atoms with Crippen molar-refractivity contribution in [2.45, 2.75) is 31.8 Å². The van der Waals surface area contributed by atoms with Gasteiger partial charge in [-0.05, 0) is 41.5 Å². The minimum Gasteiger partial charge on any atom is -0.481 e. The van der Waals surface area contributed by atoms with Gasteiger partial charge in [-0.3, -0.25) is 43.7 Å². The van der Waals surface area contributed by atoms with Crippen LogP contribution >= 0.6 is 34.8 Å². The molecule has 0 saturated carbocycles. The third kappa shape index (κ3) is 22.7. The monoisotopic (exact) mass is 1050 g/mol. The van der Waals surface area contributed by atoms with Crippen LogP contribution in [0.3, 0.4) is 0 Å². The average Bonchev–Trinajstić information content (AvgIpc) is 3.37. The van der Waals surface area contributed by atoms with Gasteiger partial charge < -0.3 is 40.1 Å². The number of nitrogens with one attached hydrogen (secondary N) is 1. The van der Waals surface area contributed by atoms with Gasteiger partial charge in [-0.25, -0.2) is 0 Å². The maximum absolute atomic E-state index is 12.0. The highest BCUT2D eigenvalue weighted by atomic mass is 35.5. The minimum absolute atomic E-state index is 0.0290. The summed E-state index contributed by atoms with van der Waals surface area (Å²) in [5, 5.41) is 56.6. The van der Waals surface area contributed by atoms with Crippen LogP contribution in [0.2, 0.25) is 0 Å². The molecule has 1 saturated heterocycles. The van der Waals surface area contributed by atoms with Crippen LogP contribution in [-0.4, -0.2) is 135 Å². The molecule has 71 heavy (non-hydrogen) atoms. The quantitative estimate of drug-likeness (QED) is 0.0365. The third-order valence-corrected chi connectivity index (χ3v) is 11.7. The lowest BCUT2D eigenvalue weighted by molar-refractivity contribution is -0.156. The first-order chi connectivity index (χ1) is 34.0. The summed E-state index contributed by atoms with van der Waals surface area (Å²) < 4.78 is 9.77. The molecule has 17 nitrogen and oxygen atoms in total. The van der Waals surface area contributed by atoms with E-state index in [4.69, 9.17) is 69.8 Å². The van der Waals surface area contributed by atoms with Gasteiger partial charge in [0.1, 0.15) is 31.1 Å². The summed E-state index contributed by atoms with van der Waals surface area (Å²) in [6.45, 7) is -0.795. The third-order valence-electron chi connectivity index (χ3n) is 11.0. The van der Waals surface area contributed by atoms with Crippen LogP contribution in [0.5, 0.6) is 0 Å². The van der Waals surface area contributed by atoms with Crippen LogP contribution in [-0.2, 0) is 73.6 Å². The number of hydrogen-bond donors (Lipinski definition) is 7. The molecule has 1 fully saturated rings. The van der Waals surface area contributed by atoms with E-state index in [1.165, 1.54) is 0 Å². The van der Waals surface area contributed by atoms with E-state index >= 15 is 0 Å². The van der Waals surface area contributed by atoms with E-state index in [9.17, 15) is 43.5 Å². The SMILES string of the molecule is O=C(CCl)C(Cc1ccccc1)[C@@H](CO)C(=O)O.O=C(CCl)OC[C@@H](C(=O)O)C(Cc1ccccc1)C(=O)CCl.O=C(O)[C@H](CO)NCc1ccccc1.O=C1COC[C@@H](C(=O)O)C1Cc1ccccc1. The van der Waals surface area contributed by atoms with Gasteiger partial charge in [0.25, 0.3) is 0 Å². The number of halogens is 3. The number of carbonyl (C=O) groups is 8. The fourth-order valence-corrected chi connectivity index (χ4v) is 7.50. The van der Waals surface area contributed by atoms with Crippen LogP contribution in [0.4, 0.5) is 0 Å². The second-order valence-corrected chi connectivity index (χ2v) is 16.6. The van der Waals surface area contributed by atoms with Crippen LogP contribution < -0.4 is 5.32 Å². The van der Waals surface area contributed by atoms with Gasteiger partial charge in [0, 0.05) is 24.3 Å². The lowest BCUT2D eigenvalue weighted by Gasteiger charge is -2.27. The Morgan fingerprint density at radius 3 is 1.39 bits per heavy atom. The molecule has 0 bridgehead atoms. The molecule has 1 heterocycles. The van der Waals surface area contributed by atoms with Gasteiger partial charge in [0.05, 0.1) is 43.4 Å². The Labute approximate surface area is 425 Å². The molecule has 7 atom stereocenters. The van der Waals surface area contributed by atoms with Crippen molar-refractivity contribution < 1.29 is 78.5 Å². The maximum Gasteiger partial charge on any atom is 0.323 e. The van der Waals surface area contributed by atoms with E-state index in [0.29, 0.717) is 13.0 Å². The normalized spacial score (nSPS) is 15.9. The smallest absolute Gasteiger partial charge is 0.323 e. The summed E-state index contributed by atoms with van der Waals surface area (Å²) in [5.41, 5.74) is 3.63. The number of benzene rings is 4. The number of aliphatic carboxylic acids is 4. The van der Waals surface area contributed by atoms with Crippen molar-refractivity contribution in [1.82, 2.24) is 5.32 Å². The fourth-order valence-electron chi connectivity index (χ4n) is 7.02. The Balaban J connectivity index is 0.000000328. The number of aliphatic hydroxyl groups is 2. The van der Waals surface area contributed by atoms with Crippen molar-refractivity contribution in [3.8, 4) is 0 Å². The molecule has 4 aromatic rings. The van der Waals surface area contributed by atoms with E-state index in [2.05, 4.69) is 5.32 Å².